The Balaban J connectivity index is 2.23. The smallest absolute Gasteiger partial charge is 0.243 e. The fourth-order valence-electron chi connectivity index (χ4n) is 4.72. The maximum atomic E-state index is 13.9. The van der Waals surface area contributed by atoms with Gasteiger partial charge in [-0.3, -0.25) is 14.6 Å². The number of aliphatic imine (C=N–C) groups is 1. The fraction of sp³-hybridized carbons (Fsp3) is 0.484. The van der Waals surface area contributed by atoms with Gasteiger partial charge in [0.2, 0.25) is 11.8 Å². The number of nitrogens with two attached hydrogens (primary N) is 4. The molecule has 0 heterocycles. The van der Waals surface area contributed by atoms with E-state index in [4.69, 9.17) is 22.9 Å². The molecule has 0 unspecified atom stereocenters. The minimum atomic E-state index is -1.37. The number of rotatable bonds is 20. The number of carbonyl (C=O) groups excluding carboxylic acids is 3. The van der Waals surface area contributed by atoms with E-state index in [0.29, 0.717) is 50.6 Å². The van der Waals surface area contributed by atoms with Crippen LogP contribution in [0.5, 0.6) is 11.5 Å². The number of aromatic hydroxyl groups is 2. The Kier molecular flexibility index (Phi) is 15.0. The predicted octanol–water partition coefficient (Wildman–Crippen LogP) is 1.10. The Morgan fingerprint density at radius 1 is 0.860 bits per heavy atom. The molecular weight excluding hydrogens is 550 g/mol. The van der Waals surface area contributed by atoms with Crippen LogP contribution in [0.15, 0.2) is 53.5 Å². The summed E-state index contributed by atoms with van der Waals surface area (Å²) in [6.07, 6.45) is 6.20. The van der Waals surface area contributed by atoms with Crippen LogP contribution in [0.4, 0.5) is 0 Å². The number of hydrogen-bond donors (Lipinski definition) is 8. The molecule has 12 nitrogen and oxygen atoms in total. The minimum absolute atomic E-state index is 0.0486. The molecule has 0 fully saturated rings. The molecule has 0 aliphatic rings. The van der Waals surface area contributed by atoms with Gasteiger partial charge >= 0.3 is 0 Å². The molecule has 0 spiro atoms. The number of amides is 2. The van der Waals surface area contributed by atoms with Gasteiger partial charge in [0.1, 0.15) is 23.8 Å². The summed E-state index contributed by atoms with van der Waals surface area (Å²) >= 11 is 0. The average molecular weight is 598 g/mol. The zero-order chi connectivity index (χ0) is 31.7. The first-order valence-corrected chi connectivity index (χ1v) is 14.7. The number of carbonyl (C=O) groups is 3. The number of aldehydes is 1. The topological polar surface area (TPSA) is 232 Å². The van der Waals surface area contributed by atoms with E-state index in [2.05, 4.69) is 15.6 Å². The summed E-state index contributed by atoms with van der Waals surface area (Å²) in [7, 11) is 0. The SMILES string of the molecule is NCCCC[C@@H](C=O)NC(=O)[C@H](Cc1ccc(O)cc1)NC(=O)[C@](N)(CCCCCCN=C(N)N)Cc1ccc(O)cc1. The van der Waals surface area contributed by atoms with E-state index in [1.54, 1.807) is 24.3 Å². The van der Waals surface area contributed by atoms with Crippen molar-refractivity contribution >= 4 is 24.1 Å². The molecule has 2 aromatic rings. The lowest BCUT2D eigenvalue weighted by Crippen LogP contribution is -2.60. The number of nitrogens with one attached hydrogen (secondary N) is 2. The molecule has 2 rings (SSSR count). The Morgan fingerprint density at radius 3 is 2.05 bits per heavy atom. The van der Waals surface area contributed by atoms with Crippen LogP contribution in [0.2, 0.25) is 0 Å². The van der Waals surface area contributed by atoms with Crippen LogP contribution in [0, 0.1) is 0 Å². The number of nitrogens with zero attached hydrogens (tertiary/aromatic N) is 1. The van der Waals surface area contributed by atoms with E-state index in [1.807, 2.05) is 0 Å². The van der Waals surface area contributed by atoms with E-state index < -0.39 is 29.4 Å². The molecule has 0 radical (unpaired) electrons. The molecule has 236 valence electrons. The van der Waals surface area contributed by atoms with Crippen molar-refractivity contribution in [2.24, 2.45) is 27.9 Å². The van der Waals surface area contributed by atoms with Crippen molar-refractivity contribution in [3.63, 3.8) is 0 Å². The number of hydrogen-bond acceptors (Lipinski definition) is 8. The first kappa shape index (κ1) is 35.0. The summed E-state index contributed by atoms with van der Waals surface area (Å²) in [4.78, 5) is 43.0. The molecule has 2 amide bonds. The van der Waals surface area contributed by atoms with Crippen molar-refractivity contribution in [2.75, 3.05) is 13.1 Å². The lowest BCUT2D eigenvalue weighted by atomic mass is 9.85. The van der Waals surface area contributed by atoms with Gasteiger partial charge in [-0.05, 0) is 80.5 Å². The van der Waals surface area contributed by atoms with Crippen molar-refractivity contribution in [1.82, 2.24) is 10.6 Å². The molecule has 0 saturated carbocycles. The zero-order valence-corrected chi connectivity index (χ0v) is 24.7. The summed E-state index contributed by atoms with van der Waals surface area (Å²) in [6.45, 7) is 1.00. The number of phenolic OH excluding ortho intramolecular Hbond substituents is 2. The standard InChI is InChI=1S/C31H47N7O5/c32-17-5-3-7-24(21-39)37-28(42)27(19-22-8-12-25(40)13-9-22)38-29(43)31(35,20-23-10-14-26(41)15-11-23)16-4-1-2-6-18-36-30(33)34/h8-15,21,24,27,40-41H,1-7,16-20,32,35H2,(H,37,42)(H,38,43)(H4,33,34,36)/t24-,27-,31-/m0/s1. The van der Waals surface area contributed by atoms with Crippen LogP contribution < -0.4 is 33.6 Å². The quantitative estimate of drug-likeness (QED) is 0.0472. The van der Waals surface area contributed by atoms with Gasteiger partial charge in [0.25, 0.3) is 0 Å². The summed E-state index contributed by atoms with van der Waals surface area (Å²) in [5.41, 5.74) is 23.2. The Bertz CT molecular complexity index is 1170. The summed E-state index contributed by atoms with van der Waals surface area (Å²) in [6, 6.07) is 11.0. The molecule has 43 heavy (non-hydrogen) atoms. The molecule has 0 aliphatic heterocycles. The predicted molar refractivity (Wildman–Crippen MR) is 167 cm³/mol. The molecule has 12 N–H and O–H groups in total. The third kappa shape index (κ3) is 13.1. The molecular formula is C31H47N7O5. The maximum absolute atomic E-state index is 13.9. The molecule has 0 aliphatic carbocycles. The number of benzene rings is 2. The molecule has 3 atom stereocenters. The van der Waals surface area contributed by atoms with Crippen LogP contribution in [0.25, 0.3) is 0 Å². The van der Waals surface area contributed by atoms with Crippen molar-refractivity contribution in [2.45, 2.75) is 81.8 Å². The van der Waals surface area contributed by atoms with Gasteiger partial charge in [-0.2, -0.15) is 0 Å². The number of guanidine groups is 1. The highest BCUT2D eigenvalue weighted by atomic mass is 16.3. The van der Waals surface area contributed by atoms with Gasteiger partial charge in [0.05, 0.1) is 11.6 Å². The average Bonchev–Trinajstić information content (AvgIpc) is 2.97. The fourth-order valence-corrected chi connectivity index (χ4v) is 4.72. The van der Waals surface area contributed by atoms with Crippen LogP contribution in [-0.2, 0) is 27.2 Å². The highest BCUT2D eigenvalue weighted by molar-refractivity contribution is 5.93. The van der Waals surface area contributed by atoms with Gasteiger partial charge in [-0.25, -0.2) is 0 Å². The van der Waals surface area contributed by atoms with E-state index >= 15 is 0 Å². The maximum Gasteiger partial charge on any atom is 0.243 e. The van der Waals surface area contributed by atoms with Crippen LogP contribution in [0.1, 0.15) is 62.5 Å². The Morgan fingerprint density at radius 2 is 1.47 bits per heavy atom. The molecule has 0 bridgehead atoms. The van der Waals surface area contributed by atoms with E-state index in [9.17, 15) is 24.6 Å². The molecule has 0 saturated heterocycles. The third-order valence-corrected chi connectivity index (χ3v) is 7.19. The largest absolute Gasteiger partial charge is 0.508 e. The van der Waals surface area contributed by atoms with E-state index in [0.717, 1.165) is 31.2 Å². The summed E-state index contributed by atoms with van der Waals surface area (Å²) in [5, 5.41) is 25.0. The van der Waals surface area contributed by atoms with Crippen LogP contribution in [-0.4, -0.2) is 65.0 Å². The van der Waals surface area contributed by atoms with Gasteiger partial charge in [-0.15, -0.1) is 0 Å². The first-order chi connectivity index (χ1) is 20.6. The lowest BCUT2D eigenvalue weighted by Gasteiger charge is -2.31. The van der Waals surface area contributed by atoms with Crippen molar-refractivity contribution in [3.8, 4) is 11.5 Å². The Labute approximate surface area is 253 Å². The lowest BCUT2D eigenvalue weighted by molar-refractivity contribution is -0.132. The molecule has 0 aromatic heterocycles. The van der Waals surface area contributed by atoms with Crippen molar-refractivity contribution < 1.29 is 24.6 Å². The van der Waals surface area contributed by atoms with E-state index in [-0.39, 0.29) is 30.3 Å². The van der Waals surface area contributed by atoms with Gasteiger partial charge in [0.15, 0.2) is 5.96 Å². The highest BCUT2D eigenvalue weighted by Gasteiger charge is 2.36. The zero-order valence-electron chi connectivity index (χ0n) is 24.7. The summed E-state index contributed by atoms with van der Waals surface area (Å²) in [5.74, 6) is -0.808. The number of phenols is 2. The van der Waals surface area contributed by atoms with E-state index in [1.165, 1.54) is 24.3 Å². The normalized spacial score (nSPS) is 13.7. The Hall–Kier alpha value is -4.16. The highest BCUT2D eigenvalue weighted by Crippen LogP contribution is 2.22. The number of unbranched alkanes of at least 4 members (excludes halogenated alkanes) is 4. The first-order valence-electron chi connectivity index (χ1n) is 14.7. The monoisotopic (exact) mass is 597 g/mol. The second-order valence-electron chi connectivity index (χ2n) is 10.9. The van der Waals surface area contributed by atoms with Crippen LogP contribution in [0.3, 0.4) is 0 Å². The second-order valence-corrected chi connectivity index (χ2v) is 10.9. The van der Waals surface area contributed by atoms with Gasteiger partial charge < -0.3 is 48.6 Å². The second kappa shape index (κ2) is 18.4. The third-order valence-electron chi connectivity index (χ3n) is 7.19. The minimum Gasteiger partial charge on any atom is -0.508 e. The summed E-state index contributed by atoms with van der Waals surface area (Å²) < 4.78 is 0. The van der Waals surface area contributed by atoms with Crippen LogP contribution >= 0.6 is 0 Å². The van der Waals surface area contributed by atoms with Gasteiger partial charge in [0, 0.05) is 13.0 Å². The van der Waals surface area contributed by atoms with Crippen molar-refractivity contribution in [1.29, 1.82) is 0 Å². The molecule has 2 aromatic carbocycles. The van der Waals surface area contributed by atoms with Crippen molar-refractivity contribution in [3.05, 3.63) is 59.7 Å². The molecule has 12 heteroatoms. The van der Waals surface area contributed by atoms with Gasteiger partial charge in [-0.1, -0.05) is 43.5 Å².